The van der Waals surface area contributed by atoms with Crippen LogP contribution in [0.2, 0.25) is 0 Å². The Kier molecular flexibility index (Phi) is 5.40. The van der Waals surface area contributed by atoms with Crippen molar-refractivity contribution in [3.8, 4) is 5.75 Å². The molecule has 2 aromatic rings. The van der Waals surface area contributed by atoms with Crippen LogP contribution in [0.5, 0.6) is 5.75 Å². The molecule has 1 N–H and O–H groups in total. The minimum Gasteiger partial charge on any atom is -0.491 e. The van der Waals surface area contributed by atoms with Crippen molar-refractivity contribution in [2.24, 2.45) is 0 Å². The maximum Gasteiger partial charge on any atom is 0.191 e. The van der Waals surface area contributed by atoms with E-state index in [4.69, 9.17) is 4.74 Å². The monoisotopic (exact) mass is 351 g/mol. The fourth-order valence-electron chi connectivity index (χ4n) is 2.40. The topological polar surface area (TPSA) is 60.2 Å². The third-order valence-corrected chi connectivity index (χ3v) is 4.87. The van der Waals surface area contributed by atoms with E-state index in [1.54, 1.807) is 12.1 Å². The highest BCUT2D eigenvalue weighted by Gasteiger charge is 2.30. The molecule has 1 aromatic carbocycles. The summed E-state index contributed by atoms with van der Waals surface area (Å²) < 4.78 is 20.5. The van der Waals surface area contributed by atoms with Crippen LogP contribution in [-0.2, 0) is 0 Å². The van der Waals surface area contributed by atoms with Crippen LogP contribution in [0.4, 0.5) is 4.39 Å². The first-order valence-corrected chi connectivity index (χ1v) is 9.17. The number of hydrogen-bond acceptors (Lipinski definition) is 5. The Morgan fingerprint density at radius 3 is 2.62 bits per heavy atom. The molecule has 0 bridgehead atoms. The summed E-state index contributed by atoms with van der Waals surface area (Å²) in [6, 6.07) is 6.28. The summed E-state index contributed by atoms with van der Waals surface area (Å²) >= 11 is 1.50. The van der Waals surface area contributed by atoms with E-state index in [9.17, 15) is 9.50 Å². The maximum atomic E-state index is 12.8. The fraction of sp³-hybridized carbons (Fsp3) is 0.529. The summed E-state index contributed by atoms with van der Waals surface area (Å²) in [5.41, 5.74) is 0. The van der Waals surface area contributed by atoms with Gasteiger partial charge in [-0.25, -0.2) is 4.39 Å². The van der Waals surface area contributed by atoms with E-state index >= 15 is 0 Å². The van der Waals surface area contributed by atoms with Crippen LogP contribution in [0.3, 0.4) is 0 Å². The first kappa shape index (κ1) is 17.2. The smallest absolute Gasteiger partial charge is 0.191 e. The molecule has 5 nitrogen and oxygen atoms in total. The summed E-state index contributed by atoms with van der Waals surface area (Å²) in [5, 5.41) is 19.6. The Hall–Kier alpha value is -1.60. The Balaban J connectivity index is 1.53. The quantitative estimate of drug-likeness (QED) is 0.739. The third-order valence-electron chi connectivity index (χ3n) is 3.78. The predicted molar refractivity (Wildman–Crippen MR) is 91.0 cm³/mol. The minimum atomic E-state index is -0.632. The number of aliphatic hydroxyl groups excluding tert-OH is 1. The molecule has 1 unspecified atom stereocenters. The molecular weight excluding hydrogens is 329 g/mol. The maximum absolute atomic E-state index is 12.8. The lowest BCUT2D eigenvalue weighted by Crippen LogP contribution is -2.20. The number of aliphatic hydroxyl groups is 1. The number of aromatic nitrogens is 3. The van der Waals surface area contributed by atoms with Crippen molar-refractivity contribution in [3.63, 3.8) is 0 Å². The molecule has 0 radical (unpaired) electrons. The summed E-state index contributed by atoms with van der Waals surface area (Å²) in [4.78, 5) is 0. The van der Waals surface area contributed by atoms with Crippen molar-refractivity contribution < 1.29 is 14.2 Å². The number of rotatable bonds is 8. The van der Waals surface area contributed by atoms with Gasteiger partial charge in [0.15, 0.2) is 5.16 Å². The Morgan fingerprint density at radius 1 is 1.29 bits per heavy atom. The Labute approximate surface area is 145 Å². The molecule has 3 rings (SSSR count). The van der Waals surface area contributed by atoms with Crippen LogP contribution in [0.15, 0.2) is 29.4 Å². The van der Waals surface area contributed by atoms with Crippen LogP contribution in [0.1, 0.15) is 44.5 Å². The van der Waals surface area contributed by atoms with Crippen molar-refractivity contribution in [2.45, 2.75) is 49.9 Å². The van der Waals surface area contributed by atoms with E-state index in [-0.39, 0.29) is 12.4 Å². The van der Waals surface area contributed by atoms with Crippen molar-refractivity contribution in [1.82, 2.24) is 14.8 Å². The van der Waals surface area contributed by atoms with Gasteiger partial charge in [0.1, 0.15) is 24.0 Å². The Bertz CT molecular complexity index is 671. The summed E-state index contributed by atoms with van der Waals surface area (Å²) in [6.07, 6.45) is 1.70. The van der Waals surface area contributed by atoms with Crippen molar-refractivity contribution in [2.75, 3.05) is 12.4 Å². The minimum absolute atomic E-state index is 0.160. The molecule has 0 saturated heterocycles. The molecule has 0 spiro atoms. The van der Waals surface area contributed by atoms with Gasteiger partial charge in [-0.15, -0.1) is 10.2 Å². The number of thioether (sulfide) groups is 1. The number of halogens is 1. The van der Waals surface area contributed by atoms with Gasteiger partial charge in [-0.3, -0.25) is 0 Å². The molecule has 1 fully saturated rings. The van der Waals surface area contributed by atoms with Gasteiger partial charge in [-0.1, -0.05) is 25.6 Å². The second-order valence-corrected chi connectivity index (χ2v) is 7.31. The molecular formula is C17H22FN3O2S. The first-order chi connectivity index (χ1) is 11.5. The predicted octanol–water partition coefficient (Wildman–Crippen LogP) is 3.41. The summed E-state index contributed by atoms with van der Waals surface area (Å²) in [7, 11) is 0. The molecule has 0 amide bonds. The van der Waals surface area contributed by atoms with Gasteiger partial charge >= 0.3 is 0 Å². The Morgan fingerprint density at radius 2 is 2.00 bits per heavy atom. The molecule has 1 atom stereocenters. The molecule has 0 aliphatic heterocycles. The van der Waals surface area contributed by atoms with Crippen molar-refractivity contribution in [1.29, 1.82) is 0 Å². The molecule has 1 aliphatic rings. The van der Waals surface area contributed by atoms with Crippen LogP contribution >= 0.6 is 11.8 Å². The number of benzene rings is 1. The third kappa shape index (κ3) is 4.27. The zero-order valence-electron chi connectivity index (χ0n) is 13.9. The highest BCUT2D eigenvalue weighted by atomic mass is 32.2. The zero-order valence-corrected chi connectivity index (χ0v) is 14.7. The van der Waals surface area contributed by atoms with Gasteiger partial charge in [0.2, 0.25) is 0 Å². The van der Waals surface area contributed by atoms with Crippen LogP contribution in [0.25, 0.3) is 0 Å². The number of nitrogens with zero attached hydrogens (tertiary/aromatic N) is 3. The highest BCUT2D eigenvalue weighted by molar-refractivity contribution is 7.99. The van der Waals surface area contributed by atoms with E-state index in [1.807, 2.05) is 0 Å². The lowest BCUT2D eigenvalue weighted by Gasteiger charge is -2.13. The van der Waals surface area contributed by atoms with Crippen LogP contribution < -0.4 is 4.74 Å². The molecule has 1 heterocycles. The van der Waals surface area contributed by atoms with Crippen LogP contribution in [0, 0.1) is 5.82 Å². The molecule has 1 saturated carbocycles. The molecule has 130 valence electrons. The number of ether oxygens (including phenoxy) is 1. The van der Waals surface area contributed by atoms with Gasteiger partial charge < -0.3 is 14.4 Å². The lowest BCUT2D eigenvalue weighted by molar-refractivity contribution is 0.126. The standard InChI is InChI=1S/C17H22FN3O2S/c1-11(2)16-19-20-17(21(16)13-5-6-13)24-10-14(22)9-23-15-7-3-12(18)4-8-15/h3-4,7-8,11,13-14,22H,5-6,9-10H2,1-2H3. The van der Waals surface area contributed by atoms with Gasteiger partial charge in [-0.05, 0) is 37.1 Å². The normalized spacial score (nSPS) is 15.7. The average Bonchev–Trinajstić information content (AvgIpc) is 3.31. The van der Waals surface area contributed by atoms with Crippen molar-refractivity contribution >= 4 is 11.8 Å². The van der Waals surface area contributed by atoms with Gasteiger partial charge in [0.05, 0.1) is 6.10 Å². The van der Waals surface area contributed by atoms with Gasteiger partial charge in [-0.2, -0.15) is 0 Å². The van der Waals surface area contributed by atoms with Crippen LogP contribution in [-0.4, -0.2) is 38.3 Å². The number of hydrogen-bond donors (Lipinski definition) is 1. The van der Waals surface area contributed by atoms with E-state index in [0.29, 0.717) is 23.5 Å². The van der Waals surface area contributed by atoms with E-state index in [1.165, 1.54) is 36.7 Å². The molecule has 1 aromatic heterocycles. The van der Waals surface area contributed by atoms with Gasteiger partial charge in [0.25, 0.3) is 0 Å². The zero-order chi connectivity index (χ0) is 17.1. The molecule has 24 heavy (non-hydrogen) atoms. The van der Waals surface area contributed by atoms with E-state index in [2.05, 4.69) is 28.6 Å². The summed E-state index contributed by atoms with van der Waals surface area (Å²) in [5.74, 6) is 2.06. The second-order valence-electron chi connectivity index (χ2n) is 6.33. The lowest BCUT2D eigenvalue weighted by atomic mass is 10.2. The van der Waals surface area contributed by atoms with Gasteiger partial charge in [0, 0.05) is 17.7 Å². The highest BCUT2D eigenvalue weighted by Crippen LogP contribution is 2.40. The molecule has 7 heteroatoms. The van der Waals surface area contributed by atoms with E-state index in [0.717, 1.165) is 11.0 Å². The van der Waals surface area contributed by atoms with Crippen molar-refractivity contribution in [3.05, 3.63) is 35.9 Å². The first-order valence-electron chi connectivity index (χ1n) is 8.18. The fourth-order valence-corrected chi connectivity index (χ4v) is 3.32. The average molecular weight is 351 g/mol. The van der Waals surface area contributed by atoms with E-state index < -0.39 is 6.10 Å². The second kappa shape index (κ2) is 7.53. The SMILES string of the molecule is CC(C)c1nnc(SCC(O)COc2ccc(F)cc2)n1C1CC1. The summed E-state index contributed by atoms with van der Waals surface area (Å²) in [6.45, 7) is 4.39. The largest absolute Gasteiger partial charge is 0.491 e. The molecule has 1 aliphatic carbocycles.